The van der Waals surface area contributed by atoms with Crippen molar-refractivity contribution in [2.45, 2.75) is 44.2 Å². The molecule has 1 aliphatic carbocycles. The van der Waals surface area contributed by atoms with Crippen molar-refractivity contribution in [2.75, 3.05) is 0 Å². The van der Waals surface area contributed by atoms with Gasteiger partial charge in [0.25, 0.3) is 10.0 Å². The van der Waals surface area contributed by atoms with Crippen molar-refractivity contribution in [1.29, 1.82) is 0 Å². The second-order valence-corrected chi connectivity index (χ2v) is 6.72. The maximum Gasteiger partial charge on any atom is 0.257 e. The summed E-state index contributed by atoms with van der Waals surface area (Å²) in [4.78, 5) is 6.37. The number of nitrogens with one attached hydrogen (secondary N) is 2. The molecule has 3 atom stereocenters. The standard InChI is InChI=1S/C11H19N3O2S/c1-8-3-4-10(9(2)5-8)14-17(15,16)11-6-12-7-13-11/h6-10,14H,3-5H2,1-2H3,(H,12,13). The Labute approximate surface area is 102 Å². The van der Waals surface area contributed by atoms with Crippen LogP contribution in [-0.2, 0) is 10.0 Å². The molecule has 0 spiro atoms. The van der Waals surface area contributed by atoms with E-state index in [-0.39, 0.29) is 11.1 Å². The molecule has 0 saturated heterocycles. The van der Waals surface area contributed by atoms with Crippen molar-refractivity contribution in [3.63, 3.8) is 0 Å². The van der Waals surface area contributed by atoms with E-state index >= 15 is 0 Å². The summed E-state index contributed by atoms with van der Waals surface area (Å²) in [5, 5.41) is 0.142. The van der Waals surface area contributed by atoms with E-state index in [1.54, 1.807) is 0 Å². The molecule has 1 aliphatic rings. The summed E-state index contributed by atoms with van der Waals surface area (Å²) in [5.74, 6) is 1.08. The maximum absolute atomic E-state index is 12.0. The number of sulfonamides is 1. The number of aromatic amines is 1. The monoisotopic (exact) mass is 257 g/mol. The number of hydrogen-bond donors (Lipinski definition) is 2. The van der Waals surface area contributed by atoms with Crippen LogP contribution in [0.25, 0.3) is 0 Å². The molecule has 0 radical (unpaired) electrons. The number of nitrogens with zero attached hydrogens (tertiary/aromatic N) is 1. The third kappa shape index (κ3) is 2.87. The fourth-order valence-corrected chi connectivity index (χ4v) is 3.78. The average molecular weight is 257 g/mol. The molecule has 6 heteroatoms. The Morgan fingerprint density at radius 3 is 2.76 bits per heavy atom. The van der Waals surface area contributed by atoms with E-state index in [4.69, 9.17) is 0 Å². The quantitative estimate of drug-likeness (QED) is 0.862. The van der Waals surface area contributed by atoms with E-state index in [9.17, 15) is 8.42 Å². The van der Waals surface area contributed by atoms with Gasteiger partial charge in [0.1, 0.15) is 0 Å². The summed E-state index contributed by atoms with van der Waals surface area (Å²) in [6.45, 7) is 4.33. The number of hydrogen-bond acceptors (Lipinski definition) is 3. The molecule has 2 rings (SSSR count). The van der Waals surface area contributed by atoms with Crippen LogP contribution in [0.5, 0.6) is 0 Å². The largest absolute Gasteiger partial charge is 0.335 e. The van der Waals surface area contributed by atoms with Crippen molar-refractivity contribution in [2.24, 2.45) is 11.8 Å². The normalized spacial score (nSPS) is 30.4. The first kappa shape index (κ1) is 12.6. The number of imidazole rings is 1. The summed E-state index contributed by atoms with van der Waals surface area (Å²) in [5.41, 5.74) is 0. The summed E-state index contributed by atoms with van der Waals surface area (Å²) < 4.78 is 26.8. The average Bonchev–Trinajstić information content (AvgIpc) is 2.76. The number of aromatic nitrogens is 2. The maximum atomic E-state index is 12.0. The zero-order valence-electron chi connectivity index (χ0n) is 10.2. The highest BCUT2D eigenvalue weighted by Crippen LogP contribution is 2.29. The van der Waals surface area contributed by atoms with Gasteiger partial charge in [-0.15, -0.1) is 0 Å². The van der Waals surface area contributed by atoms with Crippen LogP contribution in [0.2, 0.25) is 0 Å². The lowest BCUT2D eigenvalue weighted by molar-refractivity contribution is 0.249. The minimum absolute atomic E-state index is 0.0412. The Kier molecular flexibility index (Phi) is 3.53. The van der Waals surface area contributed by atoms with Crippen LogP contribution < -0.4 is 4.72 Å². The third-order valence-electron chi connectivity index (χ3n) is 3.50. The van der Waals surface area contributed by atoms with Gasteiger partial charge in [-0.1, -0.05) is 13.8 Å². The Morgan fingerprint density at radius 2 is 2.18 bits per heavy atom. The highest BCUT2D eigenvalue weighted by atomic mass is 32.2. The molecule has 96 valence electrons. The highest BCUT2D eigenvalue weighted by Gasteiger charge is 2.29. The van der Waals surface area contributed by atoms with Crippen LogP contribution in [0.3, 0.4) is 0 Å². The topological polar surface area (TPSA) is 74.8 Å². The van der Waals surface area contributed by atoms with E-state index in [0.29, 0.717) is 11.8 Å². The molecule has 2 N–H and O–H groups in total. The van der Waals surface area contributed by atoms with Crippen LogP contribution in [0, 0.1) is 11.8 Å². The van der Waals surface area contributed by atoms with Crippen molar-refractivity contribution in [3.05, 3.63) is 12.5 Å². The van der Waals surface area contributed by atoms with Crippen molar-refractivity contribution in [1.82, 2.24) is 14.7 Å². The van der Waals surface area contributed by atoms with E-state index in [1.807, 2.05) is 0 Å². The fraction of sp³-hybridized carbons (Fsp3) is 0.727. The first-order chi connectivity index (χ1) is 7.99. The molecule has 1 aromatic heterocycles. The second kappa shape index (κ2) is 4.78. The zero-order chi connectivity index (χ0) is 12.5. The van der Waals surface area contributed by atoms with Gasteiger partial charge in [-0.2, -0.15) is 0 Å². The van der Waals surface area contributed by atoms with Crippen LogP contribution in [0.4, 0.5) is 0 Å². The minimum Gasteiger partial charge on any atom is -0.335 e. The third-order valence-corrected chi connectivity index (χ3v) is 4.92. The Morgan fingerprint density at radius 1 is 1.41 bits per heavy atom. The summed E-state index contributed by atoms with van der Waals surface area (Å²) in [6, 6.07) is 0.0412. The molecule has 5 nitrogen and oxygen atoms in total. The van der Waals surface area contributed by atoms with Gasteiger partial charge in [-0.05, 0) is 31.1 Å². The summed E-state index contributed by atoms with van der Waals surface area (Å²) in [6.07, 6.45) is 5.78. The molecule has 0 aromatic carbocycles. The Balaban J connectivity index is 2.06. The molecule has 0 amide bonds. The number of rotatable bonds is 3. The lowest BCUT2D eigenvalue weighted by Gasteiger charge is -2.32. The van der Waals surface area contributed by atoms with Crippen LogP contribution in [0.15, 0.2) is 17.6 Å². The minimum atomic E-state index is -3.44. The van der Waals surface area contributed by atoms with Crippen molar-refractivity contribution in [3.8, 4) is 0 Å². The molecule has 1 saturated carbocycles. The molecule has 3 unspecified atom stereocenters. The summed E-state index contributed by atoms with van der Waals surface area (Å²) >= 11 is 0. The van der Waals surface area contributed by atoms with Crippen molar-refractivity contribution >= 4 is 10.0 Å². The molecule has 0 aliphatic heterocycles. The highest BCUT2D eigenvalue weighted by molar-refractivity contribution is 7.89. The van der Waals surface area contributed by atoms with Gasteiger partial charge >= 0.3 is 0 Å². The molecular formula is C11H19N3O2S. The van der Waals surface area contributed by atoms with E-state index in [2.05, 4.69) is 28.5 Å². The van der Waals surface area contributed by atoms with Gasteiger partial charge in [-0.25, -0.2) is 18.1 Å². The Hall–Kier alpha value is -0.880. The van der Waals surface area contributed by atoms with E-state index < -0.39 is 10.0 Å². The second-order valence-electron chi connectivity index (χ2n) is 5.04. The predicted molar refractivity (Wildman–Crippen MR) is 64.9 cm³/mol. The molecule has 17 heavy (non-hydrogen) atoms. The first-order valence-corrected chi connectivity index (χ1v) is 7.48. The summed E-state index contributed by atoms with van der Waals surface area (Å²) in [7, 11) is -3.44. The molecule has 1 fully saturated rings. The van der Waals surface area contributed by atoms with Gasteiger partial charge in [0, 0.05) is 6.04 Å². The predicted octanol–water partition coefficient (Wildman–Crippen LogP) is 1.51. The van der Waals surface area contributed by atoms with Crippen molar-refractivity contribution < 1.29 is 8.42 Å². The van der Waals surface area contributed by atoms with E-state index in [0.717, 1.165) is 19.3 Å². The Bertz CT molecular complexity index is 455. The van der Waals surface area contributed by atoms with Gasteiger partial charge in [0.15, 0.2) is 5.03 Å². The van der Waals surface area contributed by atoms with Crippen LogP contribution in [0.1, 0.15) is 33.1 Å². The zero-order valence-corrected chi connectivity index (χ0v) is 11.0. The molecule has 1 heterocycles. The van der Waals surface area contributed by atoms with Crippen LogP contribution in [-0.4, -0.2) is 24.4 Å². The fourth-order valence-electron chi connectivity index (χ4n) is 2.49. The molecule has 0 bridgehead atoms. The molecular weight excluding hydrogens is 238 g/mol. The SMILES string of the molecule is CC1CCC(NS(=O)(=O)c2cnc[nH]2)C(C)C1. The van der Waals surface area contributed by atoms with Gasteiger partial charge in [-0.3, -0.25) is 0 Å². The lowest BCUT2D eigenvalue weighted by atomic mass is 9.80. The van der Waals surface area contributed by atoms with Gasteiger partial charge in [0.05, 0.1) is 12.5 Å². The lowest BCUT2D eigenvalue weighted by Crippen LogP contribution is -2.42. The first-order valence-electron chi connectivity index (χ1n) is 6.00. The van der Waals surface area contributed by atoms with Gasteiger partial charge < -0.3 is 4.98 Å². The van der Waals surface area contributed by atoms with Crippen LogP contribution >= 0.6 is 0 Å². The van der Waals surface area contributed by atoms with E-state index in [1.165, 1.54) is 12.5 Å². The van der Waals surface area contributed by atoms with Gasteiger partial charge in [0.2, 0.25) is 0 Å². The molecule has 1 aromatic rings. The number of H-pyrrole nitrogens is 1. The smallest absolute Gasteiger partial charge is 0.257 e.